The van der Waals surface area contributed by atoms with Crippen LogP contribution in [0.25, 0.3) is 11.5 Å². The summed E-state index contributed by atoms with van der Waals surface area (Å²) in [6.45, 7) is 3.29. The molecule has 0 bridgehead atoms. The van der Waals surface area contributed by atoms with E-state index in [4.69, 9.17) is 4.42 Å². The predicted molar refractivity (Wildman–Crippen MR) is 91.7 cm³/mol. The first kappa shape index (κ1) is 16.8. The van der Waals surface area contributed by atoms with Gasteiger partial charge < -0.3 is 4.42 Å². The van der Waals surface area contributed by atoms with Crippen molar-refractivity contribution in [2.45, 2.75) is 24.0 Å². The van der Waals surface area contributed by atoms with Crippen molar-refractivity contribution in [2.24, 2.45) is 0 Å². The minimum absolute atomic E-state index is 0.173. The highest BCUT2D eigenvalue weighted by atomic mass is 32.2. The first-order valence-electron chi connectivity index (χ1n) is 7.32. The molecule has 0 saturated carbocycles. The zero-order chi connectivity index (χ0) is 18.0. The monoisotopic (exact) mass is 355 g/mol. The van der Waals surface area contributed by atoms with E-state index in [0.29, 0.717) is 10.8 Å². The number of nitrogens with zero attached hydrogens (tertiary/aromatic N) is 3. The SMILES string of the molecule is CC(=O)c1ccc(Sc2nnc(-c3ccccc3C)o2)c([N+](=O)[O-])c1. The van der Waals surface area contributed by atoms with E-state index in [-0.39, 0.29) is 22.3 Å². The van der Waals surface area contributed by atoms with E-state index in [1.807, 2.05) is 31.2 Å². The number of rotatable bonds is 5. The van der Waals surface area contributed by atoms with Crippen molar-refractivity contribution in [2.75, 3.05) is 0 Å². The summed E-state index contributed by atoms with van der Waals surface area (Å²) >= 11 is 0.991. The molecular weight excluding hydrogens is 342 g/mol. The van der Waals surface area contributed by atoms with Crippen LogP contribution >= 0.6 is 11.8 Å². The number of Topliss-reactive ketones (excluding diaryl/α,β-unsaturated/α-hetero) is 1. The van der Waals surface area contributed by atoms with Gasteiger partial charge in [0.05, 0.1) is 9.82 Å². The second-order valence-electron chi connectivity index (χ2n) is 5.29. The van der Waals surface area contributed by atoms with Crippen molar-refractivity contribution >= 4 is 23.2 Å². The van der Waals surface area contributed by atoms with Gasteiger partial charge in [-0.2, -0.15) is 0 Å². The van der Waals surface area contributed by atoms with Crippen LogP contribution in [0.3, 0.4) is 0 Å². The van der Waals surface area contributed by atoms with Gasteiger partial charge in [-0.1, -0.05) is 18.2 Å². The van der Waals surface area contributed by atoms with Crippen LogP contribution in [0, 0.1) is 17.0 Å². The van der Waals surface area contributed by atoms with Gasteiger partial charge in [0.15, 0.2) is 5.78 Å². The molecule has 0 spiro atoms. The standard InChI is InChI=1S/C17H13N3O4S/c1-10-5-3-4-6-13(10)16-18-19-17(24-16)25-15-8-7-12(11(2)21)9-14(15)20(22)23/h3-9H,1-2H3. The van der Waals surface area contributed by atoms with Crippen molar-refractivity contribution in [1.29, 1.82) is 0 Å². The highest BCUT2D eigenvalue weighted by Crippen LogP contribution is 2.36. The van der Waals surface area contributed by atoms with Gasteiger partial charge in [0.1, 0.15) is 0 Å². The normalized spacial score (nSPS) is 10.6. The molecule has 0 fully saturated rings. The van der Waals surface area contributed by atoms with Crippen LogP contribution in [0.2, 0.25) is 0 Å². The van der Waals surface area contributed by atoms with Gasteiger partial charge >= 0.3 is 0 Å². The van der Waals surface area contributed by atoms with Crippen molar-refractivity contribution in [3.63, 3.8) is 0 Å². The zero-order valence-corrected chi connectivity index (χ0v) is 14.2. The Morgan fingerprint density at radius 3 is 2.64 bits per heavy atom. The first-order valence-corrected chi connectivity index (χ1v) is 8.14. The summed E-state index contributed by atoms with van der Waals surface area (Å²) in [6.07, 6.45) is 0. The number of carbonyl (C=O) groups is 1. The van der Waals surface area contributed by atoms with Gasteiger partial charge in [0, 0.05) is 17.2 Å². The van der Waals surface area contributed by atoms with Gasteiger partial charge in [-0.25, -0.2) is 0 Å². The molecular formula is C17H13N3O4S. The van der Waals surface area contributed by atoms with Gasteiger partial charge in [0.25, 0.3) is 10.9 Å². The van der Waals surface area contributed by atoms with E-state index >= 15 is 0 Å². The second kappa shape index (κ2) is 6.86. The molecule has 0 saturated heterocycles. The van der Waals surface area contributed by atoms with E-state index in [1.54, 1.807) is 0 Å². The summed E-state index contributed by atoms with van der Waals surface area (Å²) in [5.74, 6) is 0.114. The van der Waals surface area contributed by atoms with Crippen LogP contribution in [0.5, 0.6) is 0 Å². The Morgan fingerprint density at radius 2 is 1.96 bits per heavy atom. The molecule has 2 aromatic carbocycles. The van der Waals surface area contributed by atoms with Gasteiger partial charge in [-0.15, -0.1) is 10.2 Å². The van der Waals surface area contributed by atoms with Crippen molar-refractivity contribution < 1.29 is 14.1 Å². The fraction of sp³-hybridized carbons (Fsp3) is 0.118. The number of ketones is 1. The Bertz CT molecular complexity index is 968. The molecule has 1 aromatic heterocycles. The fourth-order valence-electron chi connectivity index (χ4n) is 2.23. The van der Waals surface area contributed by atoms with E-state index in [9.17, 15) is 14.9 Å². The number of carbonyl (C=O) groups excluding carboxylic acids is 1. The number of aryl methyl sites for hydroxylation is 1. The van der Waals surface area contributed by atoms with Gasteiger partial charge in [0.2, 0.25) is 5.89 Å². The topological polar surface area (TPSA) is 99.1 Å². The number of nitro benzene ring substituents is 1. The van der Waals surface area contributed by atoms with Gasteiger partial charge in [-0.05, 0) is 49.4 Å². The van der Waals surface area contributed by atoms with E-state index in [2.05, 4.69) is 10.2 Å². The molecule has 25 heavy (non-hydrogen) atoms. The number of benzene rings is 2. The molecule has 7 nitrogen and oxygen atoms in total. The van der Waals surface area contributed by atoms with Crippen molar-refractivity contribution in [3.05, 3.63) is 63.7 Å². The molecule has 0 radical (unpaired) electrons. The van der Waals surface area contributed by atoms with Crippen LogP contribution in [0.1, 0.15) is 22.8 Å². The molecule has 3 rings (SSSR count). The minimum atomic E-state index is -0.534. The molecule has 0 amide bonds. The third kappa shape index (κ3) is 3.58. The highest BCUT2D eigenvalue weighted by Gasteiger charge is 2.20. The second-order valence-corrected chi connectivity index (χ2v) is 6.28. The van der Waals surface area contributed by atoms with Crippen LogP contribution in [0.4, 0.5) is 5.69 Å². The van der Waals surface area contributed by atoms with Crippen LogP contribution in [-0.2, 0) is 0 Å². The Hall–Kier alpha value is -3.00. The lowest BCUT2D eigenvalue weighted by Crippen LogP contribution is -1.97. The number of aromatic nitrogens is 2. The maximum absolute atomic E-state index is 11.4. The molecule has 126 valence electrons. The number of nitro groups is 1. The molecule has 1 heterocycles. The summed E-state index contributed by atoms with van der Waals surface area (Å²) in [5.41, 5.74) is 1.90. The Kier molecular flexibility index (Phi) is 4.62. The van der Waals surface area contributed by atoms with E-state index in [0.717, 1.165) is 22.9 Å². The lowest BCUT2D eigenvalue weighted by molar-refractivity contribution is -0.387. The average Bonchev–Trinajstić information content (AvgIpc) is 3.03. The highest BCUT2D eigenvalue weighted by molar-refractivity contribution is 7.99. The van der Waals surface area contributed by atoms with Crippen molar-refractivity contribution in [3.8, 4) is 11.5 Å². The largest absolute Gasteiger partial charge is 0.411 e. The first-order chi connectivity index (χ1) is 12.0. The molecule has 0 unspecified atom stereocenters. The fourth-order valence-corrected chi connectivity index (χ4v) is 3.00. The van der Waals surface area contributed by atoms with Gasteiger partial charge in [-0.3, -0.25) is 14.9 Å². The number of hydrogen-bond acceptors (Lipinski definition) is 7. The lowest BCUT2D eigenvalue weighted by Gasteiger charge is -2.02. The number of hydrogen-bond donors (Lipinski definition) is 0. The summed E-state index contributed by atoms with van der Waals surface area (Å²) in [4.78, 5) is 22.5. The molecule has 0 atom stereocenters. The lowest BCUT2D eigenvalue weighted by atomic mass is 10.1. The Morgan fingerprint density at radius 1 is 1.20 bits per heavy atom. The van der Waals surface area contributed by atoms with Crippen LogP contribution in [0.15, 0.2) is 57.0 Å². The minimum Gasteiger partial charge on any atom is -0.411 e. The van der Waals surface area contributed by atoms with Crippen molar-refractivity contribution in [1.82, 2.24) is 10.2 Å². The molecule has 0 N–H and O–H groups in total. The van der Waals surface area contributed by atoms with E-state index < -0.39 is 4.92 Å². The summed E-state index contributed by atoms with van der Waals surface area (Å²) in [5, 5.41) is 19.4. The summed E-state index contributed by atoms with van der Waals surface area (Å²) in [7, 11) is 0. The molecule has 0 aliphatic carbocycles. The Balaban J connectivity index is 1.92. The van der Waals surface area contributed by atoms with Crippen LogP contribution in [-0.4, -0.2) is 20.9 Å². The predicted octanol–water partition coefficient (Wildman–Crippen LogP) is 4.31. The molecule has 0 aliphatic heterocycles. The third-order valence-corrected chi connectivity index (χ3v) is 4.45. The Labute approximate surface area is 147 Å². The zero-order valence-electron chi connectivity index (χ0n) is 13.4. The van der Waals surface area contributed by atoms with Crippen LogP contribution < -0.4 is 0 Å². The molecule has 3 aromatic rings. The van der Waals surface area contributed by atoms with E-state index in [1.165, 1.54) is 25.1 Å². The molecule has 8 heteroatoms. The smallest absolute Gasteiger partial charge is 0.284 e. The maximum atomic E-state index is 11.4. The quantitative estimate of drug-likeness (QED) is 0.382. The summed E-state index contributed by atoms with van der Waals surface area (Å²) in [6, 6.07) is 11.9. The average molecular weight is 355 g/mol. The summed E-state index contributed by atoms with van der Waals surface area (Å²) < 4.78 is 5.62. The maximum Gasteiger partial charge on any atom is 0.284 e. The molecule has 0 aliphatic rings. The third-order valence-electron chi connectivity index (χ3n) is 3.54.